The van der Waals surface area contributed by atoms with E-state index in [4.69, 9.17) is 0 Å². The van der Waals surface area contributed by atoms with Gasteiger partial charge >= 0.3 is 0 Å². The Kier molecular flexibility index (Phi) is 5.00. The second-order valence-electron chi connectivity index (χ2n) is 8.82. The molecular formula is C22H30N4O. The molecule has 3 rings (SSSR count). The number of aromatic hydroxyl groups is 1. The van der Waals surface area contributed by atoms with Gasteiger partial charge in [0.1, 0.15) is 5.75 Å². The average molecular weight is 367 g/mol. The van der Waals surface area contributed by atoms with E-state index in [-0.39, 0.29) is 16.8 Å². The number of anilines is 1. The van der Waals surface area contributed by atoms with Crippen molar-refractivity contribution in [1.82, 2.24) is 15.5 Å². The van der Waals surface area contributed by atoms with Gasteiger partial charge in [-0.3, -0.25) is 0 Å². The van der Waals surface area contributed by atoms with Crippen LogP contribution in [0.15, 0.2) is 36.9 Å². The normalized spacial score (nSPS) is 18.9. The molecule has 0 amide bonds. The van der Waals surface area contributed by atoms with Gasteiger partial charge in [-0.15, -0.1) is 10.2 Å². The largest absolute Gasteiger partial charge is 0.507 e. The highest BCUT2D eigenvalue weighted by atomic mass is 16.3. The Hall–Kier alpha value is -2.40. The van der Waals surface area contributed by atoms with E-state index in [2.05, 4.69) is 61.7 Å². The van der Waals surface area contributed by atoms with Gasteiger partial charge in [-0.2, -0.15) is 0 Å². The van der Waals surface area contributed by atoms with Crippen LogP contribution in [0.1, 0.15) is 46.1 Å². The molecule has 1 aromatic heterocycles. The summed E-state index contributed by atoms with van der Waals surface area (Å²) in [4.78, 5) is 2.22. The van der Waals surface area contributed by atoms with Gasteiger partial charge in [0.25, 0.3) is 0 Å². The standard InChI is InChI=1S/C22H30N4O/c1-7-15-8-9-17(19(27)12-15)18-10-11-20(24-23-18)26(6)16-13-21(2,3)25-22(4,5)14-16/h7-12,16,25,27H,1,13-14H2,2-6H3. The Labute approximate surface area is 162 Å². The molecule has 0 radical (unpaired) electrons. The third kappa shape index (κ3) is 4.30. The molecule has 2 heterocycles. The number of benzene rings is 1. The highest BCUT2D eigenvalue weighted by molar-refractivity contribution is 5.69. The minimum Gasteiger partial charge on any atom is -0.507 e. The Balaban J connectivity index is 1.82. The summed E-state index contributed by atoms with van der Waals surface area (Å²) in [6.45, 7) is 12.7. The van der Waals surface area contributed by atoms with Crippen molar-refractivity contribution in [3.05, 3.63) is 42.5 Å². The zero-order chi connectivity index (χ0) is 19.8. The summed E-state index contributed by atoms with van der Waals surface area (Å²) in [5.74, 6) is 1.03. The molecule has 0 aliphatic carbocycles. The van der Waals surface area contributed by atoms with Crippen molar-refractivity contribution in [3.63, 3.8) is 0 Å². The molecule has 1 saturated heterocycles. The number of aromatic nitrogens is 2. The van der Waals surface area contributed by atoms with Crippen LogP contribution in [-0.4, -0.2) is 39.5 Å². The Morgan fingerprint density at radius 3 is 2.30 bits per heavy atom. The summed E-state index contributed by atoms with van der Waals surface area (Å²) in [5.41, 5.74) is 2.36. The van der Waals surface area contributed by atoms with E-state index in [1.807, 2.05) is 24.3 Å². The number of phenols is 1. The van der Waals surface area contributed by atoms with Crippen LogP contribution in [0.25, 0.3) is 17.3 Å². The van der Waals surface area contributed by atoms with Crippen molar-refractivity contribution in [1.29, 1.82) is 0 Å². The summed E-state index contributed by atoms with van der Waals surface area (Å²) in [6.07, 6.45) is 3.79. The molecule has 27 heavy (non-hydrogen) atoms. The lowest BCUT2D eigenvalue weighted by atomic mass is 9.79. The lowest BCUT2D eigenvalue weighted by molar-refractivity contribution is 0.160. The van der Waals surface area contributed by atoms with Crippen molar-refractivity contribution in [2.75, 3.05) is 11.9 Å². The molecule has 144 valence electrons. The van der Waals surface area contributed by atoms with E-state index in [9.17, 15) is 5.11 Å². The van der Waals surface area contributed by atoms with E-state index in [0.717, 1.165) is 24.2 Å². The summed E-state index contributed by atoms with van der Waals surface area (Å²) in [5, 5.41) is 22.8. The molecule has 1 fully saturated rings. The first-order valence-electron chi connectivity index (χ1n) is 9.42. The molecule has 0 bridgehead atoms. The fourth-order valence-corrected chi connectivity index (χ4v) is 4.28. The van der Waals surface area contributed by atoms with Crippen LogP contribution in [0.4, 0.5) is 5.82 Å². The predicted molar refractivity (Wildman–Crippen MR) is 112 cm³/mol. The molecule has 0 unspecified atom stereocenters. The van der Waals surface area contributed by atoms with Gasteiger partial charge in [0.05, 0.1) is 5.69 Å². The van der Waals surface area contributed by atoms with E-state index < -0.39 is 0 Å². The minimum absolute atomic E-state index is 0.0761. The van der Waals surface area contributed by atoms with Crippen molar-refractivity contribution >= 4 is 11.9 Å². The van der Waals surface area contributed by atoms with Gasteiger partial charge in [-0.25, -0.2) is 0 Å². The molecule has 1 aromatic carbocycles. The van der Waals surface area contributed by atoms with Gasteiger partial charge in [0.2, 0.25) is 0 Å². The average Bonchev–Trinajstić information content (AvgIpc) is 2.58. The molecule has 1 aliphatic heterocycles. The zero-order valence-electron chi connectivity index (χ0n) is 17.0. The van der Waals surface area contributed by atoms with E-state index in [0.29, 0.717) is 17.3 Å². The maximum atomic E-state index is 10.2. The van der Waals surface area contributed by atoms with Crippen molar-refractivity contribution in [2.24, 2.45) is 0 Å². The molecule has 5 nitrogen and oxygen atoms in total. The molecule has 2 aromatic rings. The Bertz CT molecular complexity index is 811. The van der Waals surface area contributed by atoms with E-state index >= 15 is 0 Å². The highest BCUT2D eigenvalue weighted by Gasteiger charge is 2.39. The zero-order valence-corrected chi connectivity index (χ0v) is 17.0. The molecular weight excluding hydrogens is 336 g/mol. The molecule has 0 saturated carbocycles. The first-order valence-corrected chi connectivity index (χ1v) is 9.42. The lowest BCUT2D eigenvalue weighted by Gasteiger charge is -2.49. The van der Waals surface area contributed by atoms with Crippen molar-refractivity contribution in [3.8, 4) is 17.0 Å². The van der Waals surface area contributed by atoms with Crippen LogP contribution >= 0.6 is 0 Å². The van der Waals surface area contributed by atoms with E-state index in [1.165, 1.54) is 0 Å². The van der Waals surface area contributed by atoms with Crippen LogP contribution in [0, 0.1) is 0 Å². The van der Waals surface area contributed by atoms with Crippen LogP contribution in [0.5, 0.6) is 5.75 Å². The third-order valence-electron chi connectivity index (χ3n) is 5.26. The minimum atomic E-state index is 0.0761. The summed E-state index contributed by atoms with van der Waals surface area (Å²) < 4.78 is 0. The number of nitrogens with zero attached hydrogens (tertiary/aromatic N) is 3. The summed E-state index contributed by atoms with van der Waals surface area (Å²) in [7, 11) is 2.09. The monoisotopic (exact) mass is 366 g/mol. The van der Waals surface area contributed by atoms with Gasteiger partial charge in [-0.1, -0.05) is 18.7 Å². The fraction of sp³-hybridized carbons (Fsp3) is 0.455. The summed E-state index contributed by atoms with van der Waals surface area (Å²) in [6, 6.07) is 9.71. The van der Waals surface area contributed by atoms with Crippen molar-refractivity contribution < 1.29 is 5.11 Å². The number of piperidine rings is 1. The first-order chi connectivity index (χ1) is 12.6. The number of rotatable bonds is 4. The Morgan fingerprint density at radius 1 is 1.11 bits per heavy atom. The van der Waals surface area contributed by atoms with Crippen LogP contribution in [0.2, 0.25) is 0 Å². The highest BCUT2D eigenvalue weighted by Crippen LogP contribution is 2.33. The predicted octanol–water partition coefficient (Wildman–Crippen LogP) is 4.24. The lowest BCUT2D eigenvalue weighted by Crippen LogP contribution is -2.62. The molecule has 0 spiro atoms. The van der Waals surface area contributed by atoms with Crippen LogP contribution < -0.4 is 10.2 Å². The molecule has 5 heteroatoms. The SMILES string of the molecule is C=Cc1ccc(-c2ccc(N(C)C3CC(C)(C)NC(C)(C)C3)nn2)c(O)c1. The first kappa shape index (κ1) is 19.4. The molecule has 1 aliphatic rings. The third-order valence-corrected chi connectivity index (χ3v) is 5.26. The fourth-order valence-electron chi connectivity index (χ4n) is 4.28. The van der Waals surface area contributed by atoms with Gasteiger partial charge in [0.15, 0.2) is 5.82 Å². The van der Waals surface area contributed by atoms with Gasteiger partial charge in [-0.05, 0) is 70.4 Å². The number of nitrogens with one attached hydrogen (secondary N) is 1. The smallest absolute Gasteiger partial charge is 0.151 e. The topological polar surface area (TPSA) is 61.3 Å². The van der Waals surface area contributed by atoms with Gasteiger partial charge < -0.3 is 15.3 Å². The summed E-state index contributed by atoms with van der Waals surface area (Å²) >= 11 is 0. The number of phenolic OH excluding ortho intramolecular Hbond substituents is 1. The van der Waals surface area contributed by atoms with Gasteiger partial charge in [0, 0.05) is 29.7 Å². The van der Waals surface area contributed by atoms with E-state index in [1.54, 1.807) is 12.1 Å². The van der Waals surface area contributed by atoms with Crippen molar-refractivity contribution in [2.45, 2.75) is 57.7 Å². The quantitative estimate of drug-likeness (QED) is 0.847. The number of hydrogen-bond acceptors (Lipinski definition) is 5. The van der Waals surface area contributed by atoms with Crippen LogP contribution in [0.3, 0.4) is 0 Å². The van der Waals surface area contributed by atoms with Crippen LogP contribution in [-0.2, 0) is 0 Å². The second kappa shape index (κ2) is 6.97. The molecule has 2 N–H and O–H groups in total. The maximum Gasteiger partial charge on any atom is 0.151 e. The number of hydrogen-bond donors (Lipinski definition) is 2. The molecule has 0 atom stereocenters. The Morgan fingerprint density at radius 2 is 1.78 bits per heavy atom. The second-order valence-corrected chi connectivity index (χ2v) is 8.82. The maximum absolute atomic E-state index is 10.2.